The zero-order valence-corrected chi connectivity index (χ0v) is 18.0. The molecule has 8 nitrogen and oxygen atoms in total. The van der Waals surface area contributed by atoms with Crippen molar-refractivity contribution in [3.63, 3.8) is 0 Å². The summed E-state index contributed by atoms with van der Waals surface area (Å²) < 4.78 is 33.8. The Kier molecular flexibility index (Phi) is 5.74. The van der Waals surface area contributed by atoms with Crippen LogP contribution >= 0.6 is 11.3 Å². The van der Waals surface area contributed by atoms with Crippen LogP contribution < -0.4 is 10.9 Å². The molecule has 158 valence electrons. The molecule has 1 N–H and O–H groups in total. The molecule has 4 rings (SSSR count). The molecule has 2 aromatic heterocycles. The van der Waals surface area contributed by atoms with Gasteiger partial charge in [-0.3, -0.25) is 9.59 Å². The lowest BCUT2D eigenvalue weighted by atomic mass is 10.1. The maximum Gasteiger partial charge on any atom is 0.252 e. The zero-order chi connectivity index (χ0) is 21.3. The lowest BCUT2D eigenvalue weighted by Gasteiger charge is -2.25. The van der Waals surface area contributed by atoms with Crippen molar-refractivity contribution >= 4 is 38.2 Å². The summed E-state index contributed by atoms with van der Waals surface area (Å²) in [5.41, 5.74) is 0.699. The summed E-state index contributed by atoms with van der Waals surface area (Å²) in [6.45, 7) is 1.62. The number of morpholine rings is 1. The van der Waals surface area contributed by atoms with Gasteiger partial charge >= 0.3 is 0 Å². The molecule has 1 aliphatic rings. The maximum absolute atomic E-state index is 12.8. The van der Waals surface area contributed by atoms with Gasteiger partial charge < -0.3 is 14.6 Å². The first-order valence-electron chi connectivity index (χ1n) is 9.41. The molecule has 0 bridgehead atoms. The van der Waals surface area contributed by atoms with Crippen LogP contribution in [0.1, 0.15) is 15.2 Å². The van der Waals surface area contributed by atoms with E-state index in [0.717, 1.165) is 11.3 Å². The van der Waals surface area contributed by atoms with Crippen molar-refractivity contribution in [3.8, 4) is 0 Å². The minimum absolute atomic E-state index is 0.172. The van der Waals surface area contributed by atoms with E-state index in [0.29, 0.717) is 47.6 Å². The van der Waals surface area contributed by atoms with Gasteiger partial charge in [-0.05, 0) is 18.2 Å². The third-order valence-electron chi connectivity index (χ3n) is 5.02. The number of benzene rings is 1. The van der Waals surface area contributed by atoms with Gasteiger partial charge in [-0.1, -0.05) is 18.2 Å². The molecule has 0 aliphatic carbocycles. The first-order valence-corrected chi connectivity index (χ1v) is 11.7. The lowest BCUT2D eigenvalue weighted by molar-refractivity contribution is 0.0731. The number of aryl methyl sites for hydroxylation is 1. The van der Waals surface area contributed by atoms with Crippen LogP contribution in [0.5, 0.6) is 0 Å². The summed E-state index contributed by atoms with van der Waals surface area (Å²) in [6, 6.07) is 11.8. The highest BCUT2D eigenvalue weighted by Crippen LogP contribution is 2.25. The highest BCUT2D eigenvalue weighted by Gasteiger charge is 2.27. The van der Waals surface area contributed by atoms with E-state index in [-0.39, 0.29) is 22.2 Å². The predicted molar refractivity (Wildman–Crippen MR) is 114 cm³/mol. The molecule has 0 saturated carbocycles. The summed E-state index contributed by atoms with van der Waals surface area (Å²) in [4.78, 5) is 25.7. The summed E-state index contributed by atoms with van der Waals surface area (Å²) in [7, 11) is -1.89. The first kappa shape index (κ1) is 20.7. The Morgan fingerprint density at radius 1 is 1.17 bits per heavy atom. The number of thiophene rings is 1. The molecule has 30 heavy (non-hydrogen) atoms. The molecule has 1 fully saturated rings. The molecule has 3 heterocycles. The van der Waals surface area contributed by atoms with Crippen molar-refractivity contribution < 1.29 is 17.9 Å². The minimum Gasteiger partial charge on any atom is -0.379 e. The number of hydrogen-bond acceptors (Lipinski definition) is 6. The molecule has 1 aliphatic heterocycles. The van der Waals surface area contributed by atoms with Crippen LogP contribution in [0.3, 0.4) is 0 Å². The Balaban J connectivity index is 1.51. The largest absolute Gasteiger partial charge is 0.379 e. The second-order valence-corrected chi connectivity index (χ2v) is 10.2. The van der Waals surface area contributed by atoms with Crippen molar-refractivity contribution in [2.24, 2.45) is 7.05 Å². The van der Waals surface area contributed by atoms with Crippen molar-refractivity contribution in [1.29, 1.82) is 0 Å². The van der Waals surface area contributed by atoms with Crippen LogP contribution in [-0.2, 0) is 28.4 Å². The van der Waals surface area contributed by atoms with Crippen molar-refractivity contribution in [1.82, 2.24) is 14.2 Å². The van der Waals surface area contributed by atoms with Gasteiger partial charge in [0.1, 0.15) is 4.21 Å². The average Bonchev–Trinajstić information content (AvgIpc) is 3.25. The molecule has 1 saturated heterocycles. The summed E-state index contributed by atoms with van der Waals surface area (Å²) >= 11 is 1.13. The van der Waals surface area contributed by atoms with Gasteiger partial charge in [0, 0.05) is 36.5 Å². The fourth-order valence-electron chi connectivity index (χ4n) is 3.37. The number of amides is 1. The summed E-state index contributed by atoms with van der Waals surface area (Å²) in [5.74, 6) is -0.380. The molecular weight excluding hydrogens is 426 g/mol. The van der Waals surface area contributed by atoms with Crippen LogP contribution in [0.2, 0.25) is 0 Å². The fourth-order valence-corrected chi connectivity index (χ4v) is 6.22. The van der Waals surface area contributed by atoms with Crippen LogP contribution in [0.15, 0.2) is 51.5 Å². The quantitative estimate of drug-likeness (QED) is 0.640. The van der Waals surface area contributed by atoms with E-state index in [1.807, 2.05) is 12.1 Å². The van der Waals surface area contributed by atoms with E-state index in [2.05, 4.69) is 5.32 Å². The molecule has 0 spiro atoms. The second-order valence-electron chi connectivity index (χ2n) is 6.89. The van der Waals surface area contributed by atoms with Gasteiger partial charge in [0.2, 0.25) is 0 Å². The van der Waals surface area contributed by atoms with Gasteiger partial charge in [0.05, 0.1) is 30.8 Å². The van der Waals surface area contributed by atoms with Crippen LogP contribution in [0, 0.1) is 0 Å². The van der Waals surface area contributed by atoms with Gasteiger partial charge in [-0.25, -0.2) is 8.42 Å². The number of carbonyl (C=O) groups is 1. The highest BCUT2D eigenvalue weighted by atomic mass is 32.2. The maximum atomic E-state index is 12.8. The van der Waals surface area contributed by atoms with Crippen LogP contribution in [0.25, 0.3) is 10.9 Å². The van der Waals surface area contributed by atoms with Crippen LogP contribution in [-0.4, -0.2) is 49.5 Å². The van der Waals surface area contributed by atoms with E-state index in [9.17, 15) is 18.0 Å². The minimum atomic E-state index is -3.56. The fraction of sp³-hybridized carbons (Fsp3) is 0.300. The number of nitrogens with one attached hydrogen (secondary N) is 1. The smallest absolute Gasteiger partial charge is 0.252 e. The third-order valence-corrected chi connectivity index (χ3v) is 8.47. The molecule has 10 heteroatoms. The van der Waals surface area contributed by atoms with E-state index >= 15 is 0 Å². The van der Waals surface area contributed by atoms with Gasteiger partial charge in [-0.15, -0.1) is 11.3 Å². The normalized spacial score (nSPS) is 15.4. The van der Waals surface area contributed by atoms with E-state index in [1.165, 1.54) is 14.9 Å². The van der Waals surface area contributed by atoms with Gasteiger partial charge in [-0.2, -0.15) is 4.31 Å². The molecule has 1 amide bonds. The van der Waals surface area contributed by atoms with Crippen molar-refractivity contribution in [2.45, 2.75) is 10.8 Å². The standard InChI is InChI=1S/C20H21N3O5S2/c1-22-17-5-3-2-4-15(17)16(12-18(22)24)20(25)21-13-14-6-7-19(29-14)30(26,27)23-8-10-28-11-9-23/h2-7,12H,8-11,13H2,1H3,(H,21,25). The van der Waals surface area contributed by atoms with Crippen LogP contribution in [0.4, 0.5) is 0 Å². The van der Waals surface area contributed by atoms with E-state index < -0.39 is 10.0 Å². The molecule has 0 unspecified atom stereocenters. The Hall–Kier alpha value is -2.53. The van der Waals surface area contributed by atoms with Gasteiger partial charge in [0.25, 0.3) is 21.5 Å². The number of rotatable bonds is 5. The SMILES string of the molecule is Cn1c(=O)cc(C(=O)NCc2ccc(S(=O)(=O)N3CCOCC3)s2)c2ccccc21. The number of nitrogens with zero attached hydrogens (tertiary/aromatic N) is 2. The Labute approximate surface area is 177 Å². The number of aromatic nitrogens is 1. The molecule has 0 radical (unpaired) electrons. The number of hydrogen-bond donors (Lipinski definition) is 1. The van der Waals surface area contributed by atoms with Crippen molar-refractivity contribution in [2.75, 3.05) is 26.3 Å². The topological polar surface area (TPSA) is 97.7 Å². The molecular formula is C20H21N3O5S2. The Bertz CT molecular complexity index is 1260. The first-order chi connectivity index (χ1) is 14.4. The highest BCUT2D eigenvalue weighted by molar-refractivity contribution is 7.91. The van der Waals surface area contributed by atoms with E-state index in [1.54, 1.807) is 31.3 Å². The average molecular weight is 448 g/mol. The second kappa shape index (κ2) is 8.31. The number of para-hydroxylation sites is 1. The number of sulfonamides is 1. The molecule has 1 aromatic carbocycles. The van der Waals surface area contributed by atoms with E-state index in [4.69, 9.17) is 4.74 Å². The zero-order valence-electron chi connectivity index (χ0n) is 16.3. The summed E-state index contributed by atoms with van der Waals surface area (Å²) in [6.07, 6.45) is 0. The Morgan fingerprint density at radius 2 is 1.90 bits per heavy atom. The number of carbonyl (C=O) groups excluding carboxylic acids is 1. The third kappa shape index (κ3) is 3.91. The molecule has 0 atom stereocenters. The summed E-state index contributed by atoms with van der Waals surface area (Å²) in [5, 5.41) is 3.47. The predicted octanol–water partition coefficient (Wildman–Crippen LogP) is 1.55. The number of pyridine rings is 1. The number of fused-ring (bicyclic) bond motifs is 1. The van der Waals surface area contributed by atoms with Crippen molar-refractivity contribution in [3.05, 3.63) is 63.3 Å². The molecule has 3 aromatic rings. The Morgan fingerprint density at radius 3 is 2.67 bits per heavy atom. The monoisotopic (exact) mass is 447 g/mol. The lowest BCUT2D eigenvalue weighted by Crippen LogP contribution is -2.40. The number of ether oxygens (including phenoxy) is 1. The van der Waals surface area contributed by atoms with Gasteiger partial charge in [0.15, 0.2) is 0 Å².